The van der Waals surface area contributed by atoms with Crippen molar-refractivity contribution in [1.29, 1.82) is 0 Å². The molecule has 0 radical (unpaired) electrons. The summed E-state index contributed by atoms with van der Waals surface area (Å²) in [5, 5.41) is 0.333. The van der Waals surface area contributed by atoms with Gasteiger partial charge in [-0.3, -0.25) is 10.8 Å². The summed E-state index contributed by atoms with van der Waals surface area (Å²) >= 11 is 12.4. The van der Waals surface area contributed by atoms with Gasteiger partial charge >= 0.3 is 0 Å². The molecule has 0 amide bonds. The third-order valence-electron chi connectivity index (χ3n) is 2.55. The highest BCUT2D eigenvalue weighted by Gasteiger charge is 2.20. The highest BCUT2D eigenvalue weighted by molar-refractivity contribution is 9.11. The third-order valence-corrected chi connectivity index (χ3v) is 3.85. The van der Waals surface area contributed by atoms with E-state index < -0.39 is 11.9 Å². The minimum absolute atomic E-state index is 0.333. The van der Waals surface area contributed by atoms with E-state index in [2.05, 4.69) is 42.3 Å². The molecule has 0 bridgehead atoms. The lowest BCUT2D eigenvalue weighted by Crippen LogP contribution is -2.30. The van der Waals surface area contributed by atoms with Crippen LogP contribution >= 0.6 is 43.5 Å². The average molecular weight is 409 g/mol. The van der Waals surface area contributed by atoms with Crippen LogP contribution in [0.3, 0.4) is 0 Å². The Labute approximate surface area is 131 Å². The molecular weight excluding hydrogens is 400 g/mol. The minimum Gasteiger partial charge on any atom is -0.271 e. The number of nitrogens with zero attached hydrogens (tertiary/aromatic N) is 1. The molecule has 1 atom stereocenters. The number of benzene rings is 1. The maximum atomic E-state index is 14.0. The van der Waals surface area contributed by atoms with E-state index in [0.29, 0.717) is 16.3 Å². The molecule has 1 unspecified atom stereocenters. The highest BCUT2D eigenvalue weighted by Crippen LogP contribution is 2.30. The lowest BCUT2D eigenvalue weighted by Gasteiger charge is -2.18. The van der Waals surface area contributed by atoms with E-state index in [-0.39, 0.29) is 0 Å². The summed E-state index contributed by atoms with van der Waals surface area (Å²) in [5.74, 6) is 5.09. The number of nitrogens with one attached hydrogen (secondary N) is 1. The smallest absolute Gasteiger partial charge is 0.129 e. The van der Waals surface area contributed by atoms with Crippen molar-refractivity contribution in [3.63, 3.8) is 0 Å². The molecular formula is C12H9Br2ClFN3. The van der Waals surface area contributed by atoms with E-state index in [4.69, 9.17) is 17.4 Å². The molecule has 0 saturated heterocycles. The van der Waals surface area contributed by atoms with Gasteiger partial charge in [0.15, 0.2) is 0 Å². The van der Waals surface area contributed by atoms with Crippen molar-refractivity contribution >= 4 is 43.5 Å². The lowest BCUT2D eigenvalue weighted by molar-refractivity contribution is 0.552. The van der Waals surface area contributed by atoms with Gasteiger partial charge in [0, 0.05) is 25.7 Å². The molecule has 0 spiro atoms. The molecule has 100 valence electrons. The fourth-order valence-corrected chi connectivity index (χ4v) is 3.06. The van der Waals surface area contributed by atoms with Crippen LogP contribution in [0.15, 0.2) is 39.4 Å². The summed E-state index contributed by atoms with van der Waals surface area (Å²) in [7, 11) is 0. The first-order chi connectivity index (χ1) is 9.02. The molecule has 0 aliphatic carbocycles. The Hall–Kier alpha value is -0.530. The first-order valence-electron chi connectivity index (χ1n) is 5.25. The quantitative estimate of drug-likeness (QED) is 0.596. The number of hydrogen-bond acceptors (Lipinski definition) is 3. The van der Waals surface area contributed by atoms with E-state index >= 15 is 0 Å². The van der Waals surface area contributed by atoms with Gasteiger partial charge in [0.05, 0.1) is 11.7 Å². The first-order valence-corrected chi connectivity index (χ1v) is 7.21. The van der Waals surface area contributed by atoms with Crippen molar-refractivity contribution < 1.29 is 4.39 Å². The zero-order valence-electron chi connectivity index (χ0n) is 9.50. The highest BCUT2D eigenvalue weighted by atomic mass is 79.9. The Morgan fingerprint density at radius 3 is 2.63 bits per heavy atom. The second kappa shape index (κ2) is 6.28. The van der Waals surface area contributed by atoms with E-state index in [1.807, 2.05) is 6.07 Å². The summed E-state index contributed by atoms with van der Waals surface area (Å²) in [6.07, 6.45) is 1.62. The van der Waals surface area contributed by atoms with Crippen molar-refractivity contribution in [2.75, 3.05) is 0 Å². The summed E-state index contributed by atoms with van der Waals surface area (Å²) in [6.45, 7) is 0. The van der Waals surface area contributed by atoms with Gasteiger partial charge in [-0.1, -0.05) is 17.7 Å². The number of hydrogen-bond donors (Lipinski definition) is 2. The number of hydrazine groups is 1. The van der Waals surface area contributed by atoms with Crippen LogP contribution in [-0.2, 0) is 0 Å². The van der Waals surface area contributed by atoms with E-state index in [0.717, 1.165) is 8.95 Å². The number of pyridine rings is 1. The van der Waals surface area contributed by atoms with Gasteiger partial charge < -0.3 is 0 Å². The summed E-state index contributed by atoms with van der Waals surface area (Å²) < 4.78 is 15.5. The second-order valence-electron chi connectivity index (χ2n) is 3.79. The van der Waals surface area contributed by atoms with Gasteiger partial charge in [-0.15, -0.1) is 0 Å². The molecule has 1 aromatic carbocycles. The molecule has 7 heteroatoms. The SMILES string of the molecule is NNC(c1ccc(Cl)cc1F)c1ncc(Br)cc1Br. The first kappa shape index (κ1) is 14.9. The third kappa shape index (κ3) is 3.32. The van der Waals surface area contributed by atoms with Crippen molar-refractivity contribution in [3.8, 4) is 0 Å². The zero-order chi connectivity index (χ0) is 14.0. The molecule has 0 aliphatic rings. The van der Waals surface area contributed by atoms with E-state index in [1.54, 1.807) is 18.3 Å². The maximum absolute atomic E-state index is 14.0. The maximum Gasteiger partial charge on any atom is 0.129 e. The van der Waals surface area contributed by atoms with Crippen LogP contribution in [0.25, 0.3) is 0 Å². The molecule has 0 fully saturated rings. The van der Waals surface area contributed by atoms with Crippen LogP contribution in [0.2, 0.25) is 5.02 Å². The number of nitrogens with two attached hydrogens (primary N) is 1. The van der Waals surface area contributed by atoms with Gasteiger partial charge in [0.2, 0.25) is 0 Å². The molecule has 2 aromatic rings. The van der Waals surface area contributed by atoms with Crippen molar-refractivity contribution in [2.24, 2.45) is 5.84 Å². The standard InChI is InChI=1S/C12H9Br2ClFN3/c13-6-3-9(14)12(18-5-6)11(19-17)8-2-1-7(15)4-10(8)16/h1-5,11,19H,17H2. The molecule has 0 aliphatic heterocycles. The second-order valence-corrected chi connectivity index (χ2v) is 5.99. The number of halogens is 4. The fourth-order valence-electron chi connectivity index (χ4n) is 1.69. The van der Waals surface area contributed by atoms with Gasteiger partial charge in [0.1, 0.15) is 5.82 Å². The number of aromatic nitrogens is 1. The molecule has 1 aromatic heterocycles. The number of rotatable bonds is 3. The van der Waals surface area contributed by atoms with Crippen LogP contribution in [0.5, 0.6) is 0 Å². The molecule has 19 heavy (non-hydrogen) atoms. The van der Waals surface area contributed by atoms with Crippen LogP contribution in [0.4, 0.5) is 4.39 Å². The molecule has 3 N–H and O–H groups in total. The van der Waals surface area contributed by atoms with Gasteiger partial charge in [-0.2, -0.15) is 0 Å². The Morgan fingerprint density at radius 1 is 1.32 bits per heavy atom. The lowest BCUT2D eigenvalue weighted by atomic mass is 10.0. The van der Waals surface area contributed by atoms with Crippen LogP contribution < -0.4 is 11.3 Å². The van der Waals surface area contributed by atoms with Gasteiger partial charge in [0.25, 0.3) is 0 Å². The van der Waals surface area contributed by atoms with Crippen LogP contribution in [-0.4, -0.2) is 4.98 Å². The normalized spacial score (nSPS) is 12.5. The van der Waals surface area contributed by atoms with E-state index in [1.165, 1.54) is 6.07 Å². The van der Waals surface area contributed by atoms with Crippen molar-refractivity contribution in [3.05, 3.63) is 61.5 Å². The van der Waals surface area contributed by atoms with Crippen LogP contribution in [0.1, 0.15) is 17.3 Å². The molecule has 0 saturated carbocycles. The largest absolute Gasteiger partial charge is 0.271 e. The van der Waals surface area contributed by atoms with Crippen molar-refractivity contribution in [1.82, 2.24) is 10.4 Å². The predicted molar refractivity (Wildman–Crippen MR) is 80.2 cm³/mol. The Morgan fingerprint density at radius 2 is 2.05 bits per heavy atom. The zero-order valence-corrected chi connectivity index (χ0v) is 13.4. The Balaban J connectivity index is 2.50. The van der Waals surface area contributed by atoms with E-state index in [9.17, 15) is 4.39 Å². The summed E-state index contributed by atoms with van der Waals surface area (Å²) in [5.41, 5.74) is 3.53. The average Bonchev–Trinajstić information content (AvgIpc) is 2.34. The van der Waals surface area contributed by atoms with Gasteiger partial charge in [-0.25, -0.2) is 9.82 Å². The Bertz CT molecular complexity index is 558. The monoisotopic (exact) mass is 407 g/mol. The molecule has 2 rings (SSSR count). The fraction of sp³-hybridized carbons (Fsp3) is 0.0833. The van der Waals surface area contributed by atoms with Gasteiger partial charge in [-0.05, 0) is 50.1 Å². The summed E-state index contributed by atoms with van der Waals surface area (Å²) in [4.78, 5) is 4.25. The van der Waals surface area contributed by atoms with Crippen LogP contribution in [0, 0.1) is 5.82 Å². The minimum atomic E-state index is -0.570. The van der Waals surface area contributed by atoms with Crippen molar-refractivity contribution in [2.45, 2.75) is 6.04 Å². The summed E-state index contributed by atoms with van der Waals surface area (Å²) in [6, 6.07) is 5.68. The Kier molecular flexibility index (Phi) is 4.92. The predicted octanol–water partition coefficient (Wildman–Crippen LogP) is 3.95. The molecule has 3 nitrogen and oxygen atoms in total. The molecule has 1 heterocycles. The topological polar surface area (TPSA) is 50.9 Å².